The molecule has 2 N–H and O–H groups in total. The highest BCUT2D eigenvalue weighted by atomic mass is 32.2. The second-order valence-electron chi connectivity index (χ2n) is 4.89. The zero-order valence-electron chi connectivity index (χ0n) is 13.6. The van der Waals surface area contributed by atoms with Crippen LogP contribution in [0.1, 0.15) is 13.3 Å². The number of sulfonamides is 1. The minimum atomic E-state index is -4.44. The highest BCUT2D eigenvalue weighted by molar-refractivity contribution is 7.92. The molecule has 1 aromatic carbocycles. The second kappa shape index (κ2) is 8.90. The van der Waals surface area contributed by atoms with E-state index in [-0.39, 0.29) is 30.2 Å². The fourth-order valence-corrected chi connectivity index (χ4v) is 2.32. The molecular formula is C14H19F3N2O5S. The zero-order valence-corrected chi connectivity index (χ0v) is 14.5. The lowest BCUT2D eigenvalue weighted by atomic mass is 10.2. The van der Waals surface area contributed by atoms with Gasteiger partial charge in [0.2, 0.25) is 15.9 Å². The number of hydrogen-bond acceptors (Lipinski definition) is 5. The third kappa shape index (κ3) is 8.07. The normalized spacial score (nSPS) is 11.9. The molecule has 25 heavy (non-hydrogen) atoms. The third-order valence-corrected chi connectivity index (χ3v) is 4.16. The Morgan fingerprint density at radius 2 is 1.96 bits per heavy atom. The first-order chi connectivity index (χ1) is 11.6. The quantitative estimate of drug-likeness (QED) is 0.638. The van der Waals surface area contributed by atoms with Crippen LogP contribution in [0, 0.1) is 0 Å². The molecule has 0 atom stereocenters. The molecule has 0 spiro atoms. The van der Waals surface area contributed by atoms with E-state index in [2.05, 4.69) is 14.8 Å². The third-order valence-electron chi connectivity index (χ3n) is 2.87. The molecule has 11 heteroatoms. The van der Waals surface area contributed by atoms with E-state index >= 15 is 0 Å². The van der Waals surface area contributed by atoms with Crippen molar-refractivity contribution in [2.75, 3.05) is 36.1 Å². The van der Waals surface area contributed by atoms with Crippen molar-refractivity contribution in [3.8, 4) is 5.75 Å². The fourth-order valence-electron chi connectivity index (χ4n) is 1.67. The van der Waals surface area contributed by atoms with E-state index < -0.39 is 28.7 Å². The van der Waals surface area contributed by atoms with Crippen LogP contribution in [-0.4, -0.2) is 46.6 Å². The van der Waals surface area contributed by atoms with Crippen molar-refractivity contribution in [1.82, 2.24) is 0 Å². The van der Waals surface area contributed by atoms with Crippen LogP contribution in [0.15, 0.2) is 18.2 Å². The van der Waals surface area contributed by atoms with E-state index in [1.807, 2.05) is 0 Å². The number of amides is 1. The zero-order chi connectivity index (χ0) is 19.1. The standard InChI is InChI=1S/C14H19F3N2O5S/c1-3-25(21,22)19-11-5-4-10(8-12(11)23-2)18-13(20)6-7-24-9-14(15,16)17/h4-5,8,19H,3,6-7,9H2,1-2H3,(H,18,20). The van der Waals surface area contributed by atoms with Gasteiger partial charge >= 0.3 is 6.18 Å². The van der Waals surface area contributed by atoms with Gasteiger partial charge < -0.3 is 14.8 Å². The van der Waals surface area contributed by atoms with Gasteiger partial charge in [0, 0.05) is 11.8 Å². The Morgan fingerprint density at radius 1 is 1.28 bits per heavy atom. The van der Waals surface area contributed by atoms with Crippen molar-refractivity contribution in [2.24, 2.45) is 0 Å². The van der Waals surface area contributed by atoms with Gasteiger partial charge in [-0.2, -0.15) is 13.2 Å². The molecular weight excluding hydrogens is 365 g/mol. The number of rotatable bonds is 9. The molecule has 142 valence electrons. The summed E-state index contributed by atoms with van der Waals surface area (Å²) in [4.78, 5) is 11.7. The Morgan fingerprint density at radius 3 is 2.52 bits per heavy atom. The number of carbonyl (C=O) groups is 1. The van der Waals surface area contributed by atoms with Crippen molar-refractivity contribution in [3.05, 3.63) is 18.2 Å². The van der Waals surface area contributed by atoms with E-state index in [9.17, 15) is 26.4 Å². The number of ether oxygens (including phenoxy) is 2. The first-order valence-electron chi connectivity index (χ1n) is 7.19. The summed E-state index contributed by atoms with van der Waals surface area (Å²) in [5.41, 5.74) is 0.507. The summed E-state index contributed by atoms with van der Waals surface area (Å²) in [7, 11) is -2.16. The maximum atomic E-state index is 11.9. The monoisotopic (exact) mass is 384 g/mol. The maximum absolute atomic E-state index is 11.9. The average Bonchev–Trinajstić information content (AvgIpc) is 2.52. The predicted octanol–water partition coefficient (Wildman–Crippen LogP) is 2.36. The van der Waals surface area contributed by atoms with Crippen LogP contribution in [0.3, 0.4) is 0 Å². The van der Waals surface area contributed by atoms with Crippen molar-refractivity contribution >= 4 is 27.3 Å². The SMILES string of the molecule is CCS(=O)(=O)Nc1ccc(NC(=O)CCOCC(F)(F)F)cc1OC. The van der Waals surface area contributed by atoms with Crippen LogP contribution in [-0.2, 0) is 19.6 Å². The van der Waals surface area contributed by atoms with E-state index in [0.29, 0.717) is 5.69 Å². The second-order valence-corrected chi connectivity index (χ2v) is 6.90. The van der Waals surface area contributed by atoms with Gasteiger partial charge in [-0.1, -0.05) is 0 Å². The number of alkyl halides is 3. The molecule has 1 aromatic rings. The van der Waals surface area contributed by atoms with Crippen LogP contribution in [0.5, 0.6) is 5.75 Å². The molecule has 0 saturated heterocycles. The summed E-state index contributed by atoms with van der Waals surface area (Å²) in [6, 6.07) is 4.23. The Kier molecular flexibility index (Phi) is 7.49. The molecule has 0 aliphatic carbocycles. The summed E-state index contributed by atoms with van der Waals surface area (Å²) < 4.78 is 70.6. The fraction of sp³-hybridized carbons (Fsp3) is 0.500. The summed E-state index contributed by atoms with van der Waals surface area (Å²) in [5, 5.41) is 2.46. The largest absolute Gasteiger partial charge is 0.494 e. The van der Waals surface area contributed by atoms with Crippen molar-refractivity contribution in [3.63, 3.8) is 0 Å². The lowest BCUT2D eigenvalue weighted by molar-refractivity contribution is -0.174. The van der Waals surface area contributed by atoms with Crippen LogP contribution >= 0.6 is 0 Å². The molecule has 7 nitrogen and oxygen atoms in total. The number of halogens is 3. The Bertz CT molecular complexity index is 692. The average molecular weight is 384 g/mol. The van der Waals surface area contributed by atoms with Gasteiger partial charge in [-0.15, -0.1) is 0 Å². The molecule has 0 saturated carbocycles. The highest BCUT2D eigenvalue weighted by Gasteiger charge is 2.27. The lowest BCUT2D eigenvalue weighted by Gasteiger charge is -2.13. The van der Waals surface area contributed by atoms with Gasteiger partial charge in [-0.3, -0.25) is 9.52 Å². The first-order valence-corrected chi connectivity index (χ1v) is 8.84. The molecule has 0 heterocycles. The van der Waals surface area contributed by atoms with Gasteiger partial charge in [0.1, 0.15) is 12.4 Å². The van der Waals surface area contributed by atoms with Crippen LogP contribution in [0.4, 0.5) is 24.5 Å². The summed E-state index contributed by atoms with van der Waals surface area (Å²) in [6.07, 6.45) is -4.70. The van der Waals surface area contributed by atoms with Crippen LogP contribution < -0.4 is 14.8 Å². The summed E-state index contributed by atoms with van der Waals surface area (Å²) >= 11 is 0. The predicted molar refractivity (Wildman–Crippen MR) is 86.2 cm³/mol. The molecule has 0 unspecified atom stereocenters. The minimum absolute atomic E-state index is 0.118. The minimum Gasteiger partial charge on any atom is -0.494 e. The number of carbonyl (C=O) groups excluding carboxylic acids is 1. The maximum Gasteiger partial charge on any atom is 0.411 e. The van der Waals surface area contributed by atoms with E-state index in [0.717, 1.165) is 0 Å². The van der Waals surface area contributed by atoms with Crippen molar-refractivity contribution in [1.29, 1.82) is 0 Å². The molecule has 0 bridgehead atoms. The summed E-state index contributed by atoms with van der Waals surface area (Å²) in [6.45, 7) is -0.318. The molecule has 0 radical (unpaired) electrons. The van der Waals surface area contributed by atoms with Gasteiger partial charge in [0.05, 0.1) is 31.6 Å². The molecule has 0 fully saturated rings. The number of methoxy groups -OCH3 is 1. The van der Waals surface area contributed by atoms with E-state index in [1.54, 1.807) is 0 Å². The van der Waals surface area contributed by atoms with Gasteiger partial charge in [-0.25, -0.2) is 8.42 Å². The molecule has 0 aliphatic heterocycles. The van der Waals surface area contributed by atoms with Gasteiger partial charge in [0.25, 0.3) is 0 Å². The number of benzene rings is 1. The number of anilines is 2. The van der Waals surface area contributed by atoms with E-state index in [1.165, 1.54) is 32.2 Å². The van der Waals surface area contributed by atoms with E-state index in [4.69, 9.17) is 4.74 Å². The van der Waals surface area contributed by atoms with Crippen molar-refractivity contribution < 1.29 is 35.9 Å². The van der Waals surface area contributed by atoms with Crippen LogP contribution in [0.25, 0.3) is 0 Å². The Labute approximate surface area is 143 Å². The molecule has 0 aromatic heterocycles. The molecule has 1 amide bonds. The Balaban J connectivity index is 2.63. The van der Waals surface area contributed by atoms with Gasteiger partial charge in [0.15, 0.2) is 0 Å². The van der Waals surface area contributed by atoms with Crippen LogP contribution in [0.2, 0.25) is 0 Å². The number of hydrogen-bond donors (Lipinski definition) is 2. The molecule has 1 rings (SSSR count). The van der Waals surface area contributed by atoms with Gasteiger partial charge in [-0.05, 0) is 19.1 Å². The number of nitrogens with one attached hydrogen (secondary N) is 2. The highest BCUT2D eigenvalue weighted by Crippen LogP contribution is 2.29. The Hall–Kier alpha value is -2.01. The smallest absolute Gasteiger partial charge is 0.411 e. The summed E-state index contributed by atoms with van der Waals surface area (Å²) in [5.74, 6) is -0.485. The first kappa shape index (κ1) is 21.0. The van der Waals surface area contributed by atoms with Crippen molar-refractivity contribution in [2.45, 2.75) is 19.5 Å². The lowest BCUT2D eigenvalue weighted by Crippen LogP contribution is -2.20. The molecule has 0 aliphatic rings. The topological polar surface area (TPSA) is 93.7 Å².